The van der Waals surface area contributed by atoms with Crippen molar-refractivity contribution in [3.63, 3.8) is 0 Å². The number of piperazine rings is 1. The Hall–Kier alpha value is -1.42. The van der Waals surface area contributed by atoms with Gasteiger partial charge in [0.15, 0.2) is 0 Å². The van der Waals surface area contributed by atoms with Crippen LogP contribution >= 0.6 is 0 Å². The molecule has 4 nitrogen and oxygen atoms in total. The van der Waals surface area contributed by atoms with Gasteiger partial charge < -0.3 is 19.7 Å². The average Bonchev–Trinajstić information content (AvgIpc) is 2.54. The molecule has 0 aliphatic carbocycles. The zero-order valence-corrected chi connectivity index (χ0v) is 13.7. The van der Waals surface area contributed by atoms with E-state index in [4.69, 9.17) is 9.47 Å². The first-order valence-corrected chi connectivity index (χ1v) is 7.94. The number of benzene rings is 1. The maximum Gasteiger partial charge on any atom is 0.124 e. The largest absolute Gasteiger partial charge is 0.497 e. The Morgan fingerprint density at radius 3 is 2.33 bits per heavy atom. The molecule has 118 valence electrons. The van der Waals surface area contributed by atoms with Crippen LogP contribution < -0.4 is 19.7 Å². The van der Waals surface area contributed by atoms with Gasteiger partial charge in [0, 0.05) is 49.1 Å². The minimum Gasteiger partial charge on any atom is -0.497 e. The van der Waals surface area contributed by atoms with E-state index >= 15 is 0 Å². The van der Waals surface area contributed by atoms with E-state index in [0.29, 0.717) is 12.1 Å². The van der Waals surface area contributed by atoms with E-state index in [2.05, 4.69) is 36.2 Å². The van der Waals surface area contributed by atoms with Crippen LogP contribution in [0.15, 0.2) is 18.2 Å². The van der Waals surface area contributed by atoms with Gasteiger partial charge in [0.05, 0.1) is 14.2 Å². The Bertz CT molecular complexity index is 428. The SMILES string of the molecule is CCCC1CN(c2cc(OC)cc(OC)c2)C(CC)CN1. The predicted molar refractivity (Wildman–Crippen MR) is 87.7 cm³/mol. The van der Waals surface area contributed by atoms with Crippen molar-refractivity contribution in [1.29, 1.82) is 0 Å². The second-order valence-electron chi connectivity index (χ2n) is 5.68. The second-order valence-corrected chi connectivity index (χ2v) is 5.68. The molecule has 0 radical (unpaired) electrons. The van der Waals surface area contributed by atoms with Gasteiger partial charge in [-0.3, -0.25) is 0 Å². The van der Waals surface area contributed by atoms with Crippen LogP contribution in [0.25, 0.3) is 0 Å². The predicted octanol–water partition coefficient (Wildman–Crippen LogP) is 3.06. The van der Waals surface area contributed by atoms with Crippen molar-refractivity contribution < 1.29 is 9.47 Å². The zero-order chi connectivity index (χ0) is 15.2. The normalized spacial score (nSPS) is 22.2. The van der Waals surface area contributed by atoms with Gasteiger partial charge in [-0.15, -0.1) is 0 Å². The van der Waals surface area contributed by atoms with Crippen LogP contribution in [0.1, 0.15) is 33.1 Å². The van der Waals surface area contributed by atoms with Crippen LogP contribution in [0.4, 0.5) is 5.69 Å². The summed E-state index contributed by atoms with van der Waals surface area (Å²) in [6, 6.07) is 7.24. The molecule has 21 heavy (non-hydrogen) atoms. The molecule has 1 aromatic rings. The molecule has 2 rings (SSSR count). The lowest BCUT2D eigenvalue weighted by molar-refractivity contribution is 0.366. The first-order chi connectivity index (χ1) is 10.2. The zero-order valence-electron chi connectivity index (χ0n) is 13.7. The van der Waals surface area contributed by atoms with E-state index < -0.39 is 0 Å². The molecular weight excluding hydrogens is 264 g/mol. The Labute approximate surface area is 128 Å². The third kappa shape index (κ3) is 3.82. The van der Waals surface area contributed by atoms with Crippen LogP contribution in [0.2, 0.25) is 0 Å². The van der Waals surface area contributed by atoms with Crippen LogP contribution in [-0.2, 0) is 0 Å². The van der Waals surface area contributed by atoms with E-state index in [-0.39, 0.29) is 0 Å². The highest BCUT2D eigenvalue weighted by molar-refractivity contribution is 5.57. The Kier molecular flexibility index (Phi) is 5.74. The Morgan fingerprint density at radius 2 is 1.81 bits per heavy atom. The maximum atomic E-state index is 5.41. The third-order valence-corrected chi connectivity index (χ3v) is 4.28. The van der Waals surface area contributed by atoms with Crippen molar-refractivity contribution in [2.75, 3.05) is 32.2 Å². The molecule has 1 saturated heterocycles. The van der Waals surface area contributed by atoms with Crippen LogP contribution in [0, 0.1) is 0 Å². The van der Waals surface area contributed by atoms with Crippen molar-refractivity contribution in [1.82, 2.24) is 5.32 Å². The molecule has 0 aromatic heterocycles. The highest BCUT2D eigenvalue weighted by atomic mass is 16.5. The molecule has 1 heterocycles. The van der Waals surface area contributed by atoms with Gasteiger partial charge in [0.1, 0.15) is 11.5 Å². The standard InChI is InChI=1S/C17H28N2O2/c1-5-7-13-12-19(14(6-2)11-18-13)15-8-16(20-3)10-17(9-15)21-4/h8-10,13-14,18H,5-7,11-12H2,1-4H3. The Morgan fingerprint density at radius 1 is 1.14 bits per heavy atom. The van der Waals surface area contributed by atoms with Gasteiger partial charge in [0.2, 0.25) is 0 Å². The summed E-state index contributed by atoms with van der Waals surface area (Å²) in [5.41, 5.74) is 1.20. The smallest absolute Gasteiger partial charge is 0.124 e. The third-order valence-electron chi connectivity index (χ3n) is 4.28. The lowest BCUT2D eigenvalue weighted by Crippen LogP contribution is -2.56. The number of methoxy groups -OCH3 is 2. The van der Waals surface area contributed by atoms with E-state index in [0.717, 1.165) is 31.0 Å². The molecule has 1 aromatic carbocycles. The monoisotopic (exact) mass is 292 g/mol. The molecule has 0 bridgehead atoms. The van der Waals surface area contributed by atoms with Crippen molar-refractivity contribution in [2.45, 2.75) is 45.2 Å². The summed E-state index contributed by atoms with van der Waals surface area (Å²) in [5, 5.41) is 3.67. The average molecular weight is 292 g/mol. The highest BCUT2D eigenvalue weighted by Crippen LogP contribution is 2.31. The van der Waals surface area contributed by atoms with E-state index in [1.807, 2.05) is 6.07 Å². The van der Waals surface area contributed by atoms with Gasteiger partial charge >= 0.3 is 0 Å². The number of rotatable bonds is 6. The molecule has 1 aliphatic rings. The molecule has 0 spiro atoms. The molecule has 0 amide bonds. The van der Waals surface area contributed by atoms with Crippen LogP contribution in [0.3, 0.4) is 0 Å². The van der Waals surface area contributed by atoms with E-state index in [1.165, 1.54) is 18.5 Å². The molecule has 4 heteroatoms. The van der Waals surface area contributed by atoms with Gasteiger partial charge in [0.25, 0.3) is 0 Å². The summed E-state index contributed by atoms with van der Waals surface area (Å²) in [6.45, 7) is 6.58. The van der Waals surface area contributed by atoms with E-state index in [9.17, 15) is 0 Å². The van der Waals surface area contributed by atoms with Crippen molar-refractivity contribution in [3.8, 4) is 11.5 Å². The molecule has 0 saturated carbocycles. The van der Waals surface area contributed by atoms with Crippen molar-refractivity contribution in [3.05, 3.63) is 18.2 Å². The molecule has 1 aliphatic heterocycles. The number of anilines is 1. The maximum absolute atomic E-state index is 5.41. The summed E-state index contributed by atoms with van der Waals surface area (Å²) in [5.74, 6) is 1.70. The number of hydrogen-bond acceptors (Lipinski definition) is 4. The van der Waals surface area contributed by atoms with Gasteiger partial charge in [-0.25, -0.2) is 0 Å². The Balaban J connectivity index is 2.26. The summed E-state index contributed by atoms with van der Waals surface area (Å²) in [4.78, 5) is 2.50. The van der Waals surface area contributed by atoms with Crippen LogP contribution in [-0.4, -0.2) is 39.4 Å². The summed E-state index contributed by atoms with van der Waals surface area (Å²) >= 11 is 0. The molecular formula is C17H28N2O2. The number of ether oxygens (including phenoxy) is 2. The molecule has 1 N–H and O–H groups in total. The fraction of sp³-hybridized carbons (Fsp3) is 0.647. The molecule has 2 unspecified atom stereocenters. The van der Waals surface area contributed by atoms with Crippen molar-refractivity contribution >= 4 is 5.69 Å². The lowest BCUT2D eigenvalue weighted by atomic mass is 10.0. The molecule has 2 atom stereocenters. The first kappa shape index (κ1) is 16.0. The van der Waals surface area contributed by atoms with Crippen LogP contribution in [0.5, 0.6) is 11.5 Å². The highest BCUT2D eigenvalue weighted by Gasteiger charge is 2.27. The summed E-state index contributed by atoms with van der Waals surface area (Å²) in [7, 11) is 3.40. The van der Waals surface area contributed by atoms with E-state index in [1.54, 1.807) is 14.2 Å². The first-order valence-electron chi connectivity index (χ1n) is 7.94. The van der Waals surface area contributed by atoms with Gasteiger partial charge in [-0.1, -0.05) is 20.3 Å². The number of hydrogen-bond donors (Lipinski definition) is 1. The quantitative estimate of drug-likeness (QED) is 0.874. The minimum atomic E-state index is 0.523. The summed E-state index contributed by atoms with van der Waals surface area (Å²) < 4.78 is 10.8. The van der Waals surface area contributed by atoms with Gasteiger partial charge in [-0.2, -0.15) is 0 Å². The fourth-order valence-corrected chi connectivity index (χ4v) is 3.04. The minimum absolute atomic E-state index is 0.523. The van der Waals surface area contributed by atoms with Crippen molar-refractivity contribution in [2.24, 2.45) is 0 Å². The van der Waals surface area contributed by atoms with Gasteiger partial charge in [-0.05, 0) is 12.8 Å². The lowest BCUT2D eigenvalue weighted by Gasteiger charge is -2.42. The fourth-order valence-electron chi connectivity index (χ4n) is 3.04. The number of nitrogens with one attached hydrogen (secondary N) is 1. The summed E-state index contributed by atoms with van der Waals surface area (Å²) in [6.07, 6.45) is 3.56. The molecule has 1 fully saturated rings. The second kappa shape index (κ2) is 7.55. The number of nitrogens with zero attached hydrogens (tertiary/aromatic N) is 1. The topological polar surface area (TPSA) is 33.7 Å².